The maximum absolute atomic E-state index is 13.6. The Labute approximate surface area is 116 Å². The molecule has 2 aromatic rings. The van der Waals surface area contributed by atoms with Gasteiger partial charge in [0.1, 0.15) is 17.5 Å². The van der Waals surface area contributed by atoms with Crippen LogP contribution in [0.4, 0.5) is 13.2 Å². The Morgan fingerprint density at radius 1 is 0.900 bits per heavy atom. The quantitative estimate of drug-likeness (QED) is 0.883. The summed E-state index contributed by atoms with van der Waals surface area (Å²) in [5.74, 6) is -1.37. The molecule has 106 valence electrons. The Hall–Kier alpha value is -1.81. The number of benzene rings is 2. The molecule has 0 spiro atoms. The van der Waals surface area contributed by atoms with Gasteiger partial charge >= 0.3 is 0 Å². The molecule has 1 atom stereocenters. The summed E-state index contributed by atoms with van der Waals surface area (Å²) in [6, 6.07) is 9.85. The van der Waals surface area contributed by atoms with E-state index in [9.17, 15) is 13.2 Å². The first-order valence-electron chi connectivity index (χ1n) is 6.44. The number of hydrogen-bond acceptors (Lipinski definition) is 1. The Kier molecular flexibility index (Phi) is 4.79. The van der Waals surface area contributed by atoms with Crippen molar-refractivity contribution in [3.05, 3.63) is 71.0 Å². The molecule has 0 saturated heterocycles. The van der Waals surface area contributed by atoms with Crippen LogP contribution in [0.5, 0.6) is 0 Å². The third-order valence-corrected chi connectivity index (χ3v) is 3.32. The highest BCUT2D eigenvalue weighted by molar-refractivity contribution is 5.22. The van der Waals surface area contributed by atoms with Crippen LogP contribution in [0.1, 0.15) is 11.1 Å². The smallest absolute Gasteiger partial charge is 0.129 e. The molecule has 1 N–H and O–H groups in total. The summed E-state index contributed by atoms with van der Waals surface area (Å²) in [6.07, 6.45) is 0.816. The zero-order chi connectivity index (χ0) is 14.5. The molecule has 2 aromatic carbocycles. The zero-order valence-electron chi connectivity index (χ0n) is 11.2. The maximum atomic E-state index is 13.6. The van der Waals surface area contributed by atoms with Crippen molar-refractivity contribution in [1.82, 2.24) is 5.32 Å². The fourth-order valence-electron chi connectivity index (χ4n) is 2.16. The van der Waals surface area contributed by atoms with Crippen LogP contribution in [0.3, 0.4) is 0 Å². The van der Waals surface area contributed by atoms with Gasteiger partial charge in [0.15, 0.2) is 0 Å². The van der Waals surface area contributed by atoms with Crippen LogP contribution < -0.4 is 5.32 Å². The van der Waals surface area contributed by atoms with Gasteiger partial charge in [0, 0.05) is 11.6 Å². The second-order valence-electron chi connectivity index (χ2n) is 4.72. The Bertz CT molecular complexity index is 546. The molecule has 0 saturated carbocycles. The van der Waals surface area contributed by atoms with Crippen LogP contribution in [0.2, 0.25) is 0 Å². The number of hydrogen-bond donors (Lipinski definition) is 1. The summed E-state index contributed by atoms with van der Waals surface area (Å²) in [6.45, 7) is 0. The van der Waals surface area contributed by atoms with E-state index in [1.54, 1.807) is 19.2 Å². The lowest BCUT2D eigenvalue weighted by Crippen LogP contribution is -2.30. The van der Waals surface area contributed by atoms with Gasteiger partial charge in [-0.15, -0.1) is 0 Å². The van der Waals surface area contributed by atoms with Crippen molar-refractivity contribution in [2.24, 2.45) is 0 Å². The molecule has 0 aromatic heterocycles. The Balaban J connectivity index is 2.11. The van der Waals surface area contributed by atoms with Gasteiger partial charge in [0.25, 0.3) is 0 Å². The molecule has 0 bridgehead atoms. The van der Waals surface area contributed by atoms with Gasteiger partial charge in [-0.2, -0.15) is 0 Å². The molecule has 0 heterocycles. The predicted molar refractivity (Wildman–Crippen MR) is 73.0 cm³/mol. The van der Waals surface area contributed by atoms with Crippen LogP contribution in [0.25, 0.3) is 0 Å². The molecule has 0 aliphatic carbocycles. The van der Waals surface area contributed by atoms with Gasteiger partial charge < -0.3 is 5.32 Å². The highest BCUT2D eigenvalue weighted by atomic mass is 19.1. The minimum atomic E-state index is -0.538. The molecule has 2 rings (SSSR count). The topological polar surface area (TPSA) is 12.0 Å². The van der Waals surface area contributed by atoms with Crippen molar-refractivity contribution in [3.8, 4) is 0 Å². The molecule has 0 aliphatic rings. The molecule has 20 heavy (non-hydrogen) atoms. The van der Waals surface area contributed by atoms with Gasteiger partial charge in [-0.1, -0.05) is 18.2 Å². The van der Waals surface area contributed by atoms with Crippen LogP contribution in [0, 0.1) is 17.5 Å². The van der Waals surface area contributed by atoms with E-state index in [-0.39, 0.29) is 23.8 Å². The van der Waals surface area contributed by atoms with Crippen molar-refractivity contribution in [1.29, 1.82) is 0 Å². The highest BCUT2D eigenvalue weighted by Crippen LogP contribution is 2.16. The van der Waals surface area contributed by atoms with Crippen LogP contribution in [-0.2, 0) is 12.8 Å². The van der Waals surface area contributed by atoms with Crippen molar-refractivity contribution in [3.63, 3.8) is 0 Å². The van der Waals surface area contributed by atoms with E-state index in [1.165, 1.54) is 30.3 Å². The van der Waals surface area contributed by atoms with Crippen molar-refractivity contribution < 1.29 is 13.2 Å². The molecule has 1 nitrogen and oxygen atoms in total. The SMILES string of the molecule is CNC(Cc1ccc(F)cc1)Cc1c(F)cccc1F. The van der Waals surface area contributed by atoms with Gasteiger partial charge in [-0.25, -0.2) is 13.2 Å². The first-order valence-corrected chi connectivity index (χ1v) is 6.44. The summed E-state index contributed by atoms with van der Waals surface area (Å²) in [5, 5.41) is 3.04. The highest BCUT2D eigenvalue weighted by Gasteiger charge is 2.15. The summed E-state index contributed by atoms with van der Waals surface area (Å²) in [4.78, 5) is 0. The fraction of sp³-hybridized carbons (Fsp3) is 0.250. The molecular weight excluding hydrogens is 263 g/mol. The van der Waals surface area contributed by atoms with E-state index in [0.717, 1.165) is 5.56 Å². The number of halogens is 3. The van der Waals surface area contributed by atoms with Crippen molar-refractivity contribution >= 4 is 0 Å². The number of rotatable bonds is 5. The second kappa shape index (κ2) is 6.57. The maximum Gasteiger partial charge on any atom is 0.129 e. The lowest BCUT2D eigenvalue weighted by Gasteiger charge is -2.17. The second-order valence-corrected chi connectivity index (χ2v) is 4.72. The van der Waals surface area contributed by atoms with Gasteiger partial charge in [-0.3, -0.25) is 0 Å². The van der Waals surface area contributed by atoms with Crippen molar-refractivity contribution in [2.75, 3.05) is 7.05 Å². The van der Waals surface area contributed by atoms with Crippen molar-refractivity contribution in [2.45, 2.75) is 18.9 Å². The average Bonchev–Trinajstić information content (AvgIpc) is 2.44. The van der Waals surface area contributed by atoms with Crippen LogP contribution in [0.15, 0.2) is 42.5 Å². The molecular formula is C16H16F3N. The monoisotopic (exact) mass is 279 g/mol. The summed E-state index contributed by atoms with van der Waals surface area (Å²) in [5.41, 5.74) is 0.997. The largest absolute Gasteiger partial charge is 0.316 e. The zero-order valence-corrected chi connectivity index (χ0v) is 11.2. The molecule has 4 heteroatoms. The average molecular weight is 279 g/mol. The Morgan fingerprint density at radius 3 is 2.05 bits per heavy atom. The van der Waals surface area contributed by atoms with Crippen LogP contribution >= 0.6 is 0 Å². The molecule has 1 unspecified atom stereocenters. The molecule has 0 radical (unpaired) electrons. The first-order chi connectivity index (χ1) is 9.60. The Morgan fingerprint density at radius 2 is 1.50 bits per heavy atom. The normalized spacial score (nSPS) is 12.4. The molecule has 0 amide bonds. The summed E-state index contributed by atoms with van der Waals surface area (Å²) < 4.78 is 40.1. The van der Waals surface area contributed by atoms with E-state index in [4.69, 9.17) is 0 Å². The lowest BCUT2D eigenvalue weighted by atomic mass is 9.98. The first kappa shape index (κ1) is 14.6. The number of likely N-dealkylation sites (N-methyl/N-ethyl adjacent to an activating group) is 1. The standard InChI is InChI=1S/C16H16F3N/c1-20-13(9-11-5-7-12(17)8-6-11)10-14-15(18)3-2-4-16(14)19/h2-8,13,20H,9-10H2,1H3. The fourth-order valence-corrected chi connectivity index (χ4v) is 2.16. The number of nitrogens with one attached hydrogen (secondary N) is 1. The van der Waals surface area contributed by atoms with E-state index >= 15 is 0 Å². The van der Waals surface area contributed by atoms with Crippen LogP contribution in [-0.4, -0.2) is 13.1 Å². The molecule has 0 aliphatic heterocycles. The predicted octanol–water partition coefficient (Wildman–Crippen LogP) is 3.48. The third kappa shape index (κ3) is 3.61. The van der Waals surface area contributed by atoms with Gasteiger partial charge in [0.05, 0.1) is 0 Å². The van der Waals surface area contributed by atoms with Gasteiger partial charge in [-0.05, 0) is 49.7 Å². The minimum absolute atomic E-state index is 0.0777. The van der Waals surface area contributed by atoms with E-state index in [2.05, 4.69) is 5.32 Å². The minimum Gasteiger partial charge on any atom is -0.316 e. The molecule has 0 fully saturated rings. The van der Waals surface area contributed by atoms with Gasteiger partial charge in [0.2, 0.25) is 0 Å². The summed E-state index contributed by atoms with van der Waals surface area (Å²) >= 11 is 0. The summed E-state index contributed by atoms with van der Waals surface area (Å²) in [7, 11) is 1.74. The third-order valence-electron chi connectivity index (χ3n) is 3.32. The van der Waals surface area contributed by atoms with E-state index in [0.29, 0.717) is 6.42 Å². The van der Waals surface area contributed by atoms with E-state index in [1.807, 2.05) is 0 Å². The lowest BCUT2D eigenvalue weighted by molar-refractivity contribution is 0.501. The van der Waals surface area contributed by atoms with E-state index < -0.39 is 11.6 Å².